The zero-order valence-electron chi connectivity index (χ0n) is 14.5. The van der Waals surface area contributed by atoms with Crippen LogP contribution in [0, 0.1) is 6.92 Å². The summed E-state index contributed by atoms with van der Waals surface area (Å²) in [4.78, 5) is 20.1. The number of hydrogen-bond donors (Lipinski definition) is 0. The number of aryl methyl sites for hydroxylation is 1. The first-order valence-electron chi connectivity index (χ1n) is 8.38. The monoisotopic (exact) mass is 328 g/mol. The normalized spacial score (nSPS) is 16.3. The fraction of sp³-hybridized carbons (Fsp3) is 0.500. The molecule has 0 bridgehead atoms. The van der Waals surface area contributed by atoms with E-state index in [9.17, 15) is 4.79 Å². The van der Waals surface area contributed by atoms with Gasteiger partial charge in [0.25, 0.3) is 0 Å². The third kappa shape index (κ3) is 3.82. The summed E-state index contributed by atoms with van der Waals surface area (Å²) in [6, 6.07) is 8.43. The van der Waals surface area contributed by atoms with Crippen LogP contribution in [0.15, 0.2) is 28.8 Å². The Morgan fingerprint density at radius 2 is 2.12 bits per heavy atom. The van der Waals surface area contributed by atoms with Crippen molar-refractivity contribution in [1.82, 2.24) is 19.9 Å². The van der Waals surface area contributed by atoms with Crippen molar-refractivity contribution in [3.8, 4) is 11.4 Å². The molecule has 1 aromatic heterocycles. The lowest BCUT2D eigenvalue weighted by Gasteiger charge is -2.35. The molecule has 1 aromatic carbocycles. The van der Waals surface area contributed by atoms with Gasteiger partial charge >= 0.3 is 0 Å². The molecule has 3 rings (SSSR count). The molecule has 24 heavy (non-hydrogen) atoms. The molecule has 128 valence electrons. The first-order chi connectivity index (χ1) is 11.5. The van der Waals surface area contributed by atoms with Crippen LogP contribution in [0.3, 0.4) is 0 Å². The van der Waals surface area contributed by atoms with Crippen molar-refractivity contribution < 1.29 is 9.32 Å². The highest BCUT2D eigenvalue weighted by Gasteiger charge is 2.24. The van der Waals surface area contributed by atoms with E-state index < -0.39 is 0 Å². The SMILES string of the molecule is CC(=O)N(C)C1CCN(Cc2nc(-c3cccc(C)c3)no2)CC1. The van der Waals surface area contributed by atoms with Gasteiger partial charge in [0.05, 0.1) is 6.54 Å². The molecule has 1 saturated heterocycles. The van der Waals surface area contributed by atoms with E-state index in [1.54, 1.807) is 6.92 Å². The molecule has 6 heteroatoms. The van der Waals surface area contributed by atoms with E-state index in [0.29, 0.717) is 24.3 Å². The Morgan fingerprint density at radius 3 is 2.79 bits per heavy atom. The summed E-state index contributed by atoms with van der Waals surface area (Å²) >= 11 is 0. The van der Waals surface area contributed by atoms with E-state index in [1.807, 2.05) is 37.1 Å². The number of rotatable bonds is 4. The van der Waals surface area contributed by atoms with Crippen LogP contribution in [0.2, 0.25) is 0 Å². The molecule has 0 unspecified atom stereocenters. The number of carbonyl (C=O) groups excluding carboxylic acids is 1. The number of benzene rings is 1. The van der Waals surface area contributed by atoms with Crippen molar-refractivity contribution in [2.45, 2.75) is 39.3 Å². The highest BCUT2D eigenvalue weighted by atomic mass is 16.5. The molecule has 1 aliphatic heterocycles. The second-order valence-electron chi connectivity index (χ2n) is 6.52. The summed E-state index contributed by atoms with van der Waals surface area (Å²) in [6.07, 6.45) is 1.96. The summed E-state index contributed by atoms with van der Waals surface area (Å²) in [7, 11) is 1.88. The topological polar surface area (TPSA) is 62.5 Å². The minimum absolute atomic E-state index is 0.133. The van der Waals surface area contributed by atoms with Crippen molar-refractivity contribution in [3.05, 3.63) is 35.7 Å². The lowest BCUT2D eigenvalue weighted by Crippen LogP contribution is -2.44. The molecule has 2 heterocycles. The van der Waals surface area contributed by atoms with Gasteiger partial charge in [-0.25, -0.2) is 0 Å². The van der Waals surface area contributed by atoms with Crippen LogP contribution in [0.25, 0.3) is 11.4 Å². The summed E-state index contributed by atoms with van der Waals surface area (Å²) in [5.41, 5.74) is 2.15. The molecule has 0 radical (unpaired) electrons. The van der Waals surface area contributed by atoms with Gasteiger partial charge in [-0.1, -0.05) is 28.9 Å². The van der Waals surface area contributed by atoms with E-state index in [1.165, 1.54) is 5.56 Å². The molecule has 0 spiro atoms. The van der Waals surface area contributed by atoms with Crippen LogP contribution in [0.1, 0.15) is 31.2 Å². The third-order valence-electron chi connectivity index (χ3n) is 4.70. The van der Waals surface area contributed by atoms with Gasteiger partial charge in [-0.2, -0.15) is 4.98 Å². The second-order valence-corrected chi connectivity index (χ2v) is 6.52. The zero-order valence-corrected chi connectivity index (χ0v) is 14.5. The van der Waals surface area contributed by atoms with Crippen LogP contribution in [-0.2, 0) is 11.3 Å². The average molecular weight is 328 g/mol. The minimum Gasteiger partial charge on any atom is -0.343 e. The summed E-state index contributed by atoms with van der Waals surface area (Å²) in [5, 5.41) is 4.09. The summed E-state index contributed by atoms with van der Waals surface area (Å²) in [5.74, 6) is 1.41. The predicted molar refractivity (Wildman–Crippen MR) is 91.2 cm³/mol. The number of nitrogens with zero attached hydrogens (tertiary/aromatic N) is 4. The Balaban J connectivity index is 1.57. The summed E-state index contributed by atoms with van der Waals surface area (Å²) in [6.45, 7) is 6.20. The Morgan fingerprint density at radius 1 is 1.38 bits per heavy atom. The third-order valence-corrected chi connectivity index (χ3v) is 4.70. The van der Waals surface area contributed by atoms with Gasteiger partial charge in [0.1, 0.15) is 0 Å². The largest absolute Gasteiger partial charge is 0.343 e. The second kappa shape index (κ2) is 7.13. The van der Waals surface area contributed by atoms with E-state index in [0.717, 1.165) is 31.5 Å². The Hall–Kier alpha value is -2.21. The molecular weight excluding hydrogens is 304 g/mol. The molecular formula is C18H24N4O2. The van der Waals surface area contributed by atoms with Crippen molar-refractivity contribution in [3.63, 3.8) is 0 Å². The zero-order chi connectivity index (χ0) is 17.1. The summed E-state index contributed by atoms with van der Waals surface area (Å²) < 4.78 is 5.41. The number of amides is 1. The van der Waals surface area contributed by atoms with Crippen molar-refractivity contribution >= 4 is 5.91 Å². The quantitative estimate of drug-likeness (QED) is 0.863. The number of piperidine rings is 1. The average Bonchev–Trinajstić information content (AvgIpc) is 3.03. The fourth-order valence-corrected chi connectivity index (χ4v) is 3.13. The maximum atomic E-state index is 11.5. The van der Waals surface area contributed by atoms with Crippen LogP contribution in [0.5, 0.6) is 0 Å². The fourth-order valence-electron chi connectivity index (χ4n) is 3.13. The minimum atomic E-state index is 0.133. The van der Waals surface area contributed by atoms with Crippen LogP contribution in [-0.4, -0.2) is 52.0 Å². The van der Waals surface area contributed by atoms with E-state index in [-0.39, 0.29) is 5.91 Å². The predicted octanol–water partition coefficient (Wildman–Crippen LogP) is 2.49. The lowest BCUT2D eigenvalue weighted by molar-refractivity contribution is -0.130. The van der Waals surface area contributed by atoms with Crippen molar-refractivity contribution in [2.75, 3.05) is 20.1 Å². The molecule has 1 fully saturated rings. The van der Waals surface area contributed by atoms with Gasteiger partial charge in [0.2, 0.25) is 17.6 Å². The van der Waals surface area contributed by atoms with E-state index >= 15 is 0 Å². The van der Waals surface area contributed by atoms with Gasteiger partial charge in [0.15, 0.2) is 0 Å². The van der Waals surface area contributed by atoms with Gasteiger partial charge < -0.3 is 9.42 Å². The molecule has 0 N–H and O–H groups in total. The van der Waals surface area contributed by atoms with Gasteiger partial charge in [-0.05, 0) is 25.8 Å². The molecule has 2 aromatic rings. The van der Waals surface area contributed by atoms with Crippen molar-refractivity contribution in [1.29, 1.82) is 0 Å². The van der Waals surface area contributed by atoms with Gasteiger partial charge in [-0.15, -0.1) is 0 Å². The van der Waals surface area contributed by atoms with Crippen LogP contribution >= 0.6 is 0 Å². The van der Waals surface area contributed by atoms with Crippen LogP contribution < -0.4 is 0 Å². The number of likely N-dealkylation sites (tertiary alicyclic amines) is 1. The van der Waals surface area contributed by atoms with Gasteiger partial charge in [0, 0.05) is 38.7 Å². The number of hydrogen-bond acceptors (Lipinski definition) is 5. The molecule has 1 aliphatic rings. The molecule has 1 amide bonds. The van der Waals surface area contributed by atoms with E-state index in [2.05, 4.69) is 21.1 Å². The molecule has 6 nitrogen and oxygen atoms in total. The standard InChI is InChI=1S/C18H24N4O2/c1-13-5-4-6-15(11-13)18-19-17(24-20-18)12-22-9-7-16(8-10-22)21(3)14(2)23/h4-6,11,16H,7-10,12H2,1-3H3. The maximum Gasteiger partial charge on any atom is 0.241 e. The Labute approximate surface area is 142 Å². The lowest BCUT2D eigenvalue weighted by atomic mass is 10.0. The molecule has 0 atom stereocenters. The smallest absolute Gasteiger partial charge is 0.241 e. The Kier molecular flexibility index (Phi) is 4.94. The maximum absolute atomic E-state index is 11.5. The highest BCUT2D eigenvalue weighted by Crippen LogP contribution is 2.20. The van der Waals surface area contributed by atoms with Crippen molar-refractivity contribution in [2.24, 2.45) is 0 Å². The molecule has 0 aliphatic carbocycles. The first kappa shape index (κ1) is 16.6. The highest BCUT2D eigenvalue weighted by molar-refractivity contribution is 5.73. The number of aromatic nitrogens is 2. The van der Waals surface area contributed by atoms with E-state index in [4.69, 9.17) is 4.52 Å². The first-order valence-corrected chi connectivity index (χ1v) is 8.38. The Bertz CT molecular complexity index is 705. The van der Waals surface area contributed by atoms with Crippen LogP contribution in [0.4, 0.5) is 0 Å². The number of carbonyl (C=O) groups is 1. The van der Waals surface area contributed by atoms with Gasteiger partial charge in [-0.3, -0.25) is 9.69 Å². The molecule has 0 saturated carbocycles.